The predicted molar refractivity (Wildman–Crippen MR) is 78.2 cm³/mol. The molecule has 0 radical (unpaired) electrons. The summed E-state index contributed by atoms with van der Waals surface area (Å²) in [5, 5.41) is 2.87. The van der Waals surface area contributed by atoms with Crippen LogP contribution >= 0.6 is 0 Å². The van der Waals surface area contributed by atoms with Crippen molar-refractivity contribution in [3.05, 3.63) is 29.8 Å². The van der Waals surface area contributed by atoms with Crippen LogP contribution in [0.1, 0.15) is 30.1 Å². The first-order valence-corrected chi connectivity index (χ1v) is 7.67. The summed E-state index contributed by atoms with van der Waals surface area (Å²) in [6.07, 6.45) is 1.75. The Kier molecular flexibility index (Phi) is 2.86. The smallest absolute Gasteiger partial charge is 0.310 e. The third-order valence-electron chi connectivity index (χ3n) is 5.32. The summed E-state index contributed by atoms with van der Waals surface area (Å²) in [5.41, 5.74) is 1.16. The second-order valence-corrected chi connectivity index (χ2v) is 6.55. The molecule has 3 fully saturated rings. The van der Waals surface area contributed by atoms with Gasteiger partial charge in [0, 0.05) is 17.2 Å². The summed E-state index contributed by atoms with van der Waals surface area (Å²) in [6.45, 7) is 1.49. The molecule has 114 valence electrons. The standard InChI is InChI=1S/C17H17NO4/c1-8(19)9-3-2-4-11(5-9)18-16(20)14-10-6-12-13(7-10)22-17(21)15(12)14/h2-5,10,12-15H,6-7H2,1H3,(H,18,20)/t10-,12+,13-,14-,15+/m1/s1. The van der Waals surface area contributed by atoms with E-state index in [9.17, 15) is 14.4 Å². The van der Waals surface area contributed by atoms with Gasteiger partial charge in [-0.2, -0.15) is 0 Å². The van der Waals surface area contributed by atoms with Crippen molar-refractivity contribution in [3.63, 3.8) is 0 Å². The normalized spacial score (nSPS) is 34.6. The average Bonchev–Trinajstić information content (AvgIpc) is 3.08. The van der Waals surface area contributed by atoms with E-state index >= 15 is 0 Å². The Bertz CT molecular complexity index is 681. The summed E-state index contributed by atoms with van der Waals surface area (Å²) < 4.78 is 5.36. The van der Waals surface area contributed by atoms with Gasteiger partial charge in [-0.15, -0.1) is 0 Å². The van der Waals surface area contributed by atoms with Crippen molar-refractivity contribution in [2.45, 2.75) is 25.9 Å². The minimum atomic E-state index is -0.294. The Morgan fingerprint density at radius 1 is 1.27 bits per heavy atom. The van der Waals surface area contributed by atoms with Gasteiger partial charge in [-0.05, 0) is 37.8 Å². The highest BCUT2D eigenvalue weighted by atomic mass is 16.6. The molecule has 1 amide bonds. The first-order chi connectivity index (χ1) is 10.5. The number of ether oxygens (including phenoxy) is 1. The van der Waals surface area contributed by atoms with Gasteiger partial charge in [-0.3, -0.25) is 14.4 Å². The van der Waals surface area contributed by atoms with E-state index < -0.39 is 0 Å². The van der Waals surface area contributed by atoms with Crippen LogP contribution in [0, 0.1) is 23.7 Å². The Balaban J connectivity index is 1.55. The van der Waals surface area contributed by atoms with Crippen molar-refractivity contribution in [3.8, 4) is 0 Å². The van der Waals surface area contributed by atoms with Gasteiger partial charge in [0.25, 0.3) is 0 Å². The van der Waals surface area contributed by atoms with Gasteiger partial charge in [0.2, 0.25) is 5.91 Å². The molecule has 5 atom stereocenters. The molecule has 1 aromatic rings. The van der Waals surface area contributed by atoms with Crippen LogP contribution in [0.15, 0.2) is 24.3 Å². The van der Waals surface area contributed by atoms with Gasteiger partial charge in [0.05, 0.1) is 11.8 Å². The van der Waals surface area contributed by atoms with Crippen molar-refractivity contribution in [2.75, 3.05) is 5.32 Å². The lowest BCUT2D eigenvalue weighted by molar-refractivity contribution is -0.145. The highest BCUT2D eigenvalue weighted by Gasteiger charge is 2.63. The monoisotopic (exact) mass is 299 g/mol. The average molecular weight is 299 g/mol. The van der Waals surface area contributed by atoms with Gasteiger partial charge in [-0.25, -0.2) is 0 Å². The van der Waals surface area contributed by atoms with Crippen LogP contribution in [0.3, 0.4) is 0 Å². The van der Waals surface area contributed by atoms with Gasteiger partial charge < -0.3 is 10.1 Å². The van der Waals surface area contributed by atoms with Crippen LogP contribution in [0.2, 0.25) is 0 Å². The topological polar surface area (TPSA) is 72.5 Å². The molecule has 4 rings (SSSR count). The molecule has 0 unspecified atom stereocenters. The van der Waals surface area contributed by atoms with Crippen LogP contribution < -0.4 is 5.32 Å². The van der Waals surface area contributed by atoms with E-state index in [4.69, 9.17) is 4.74 Å². The largest absolute Gasteiger partial charge is 0.462 e. The molecule has 5 nitrogen and oxygen atoms in total. The van der Waals surface area contributed by atoms with E-state index in [1.807, 2.05) is 0 Å². The number of esters is 1. The maximum absolute atomic E-state index is 12.6. The highest BCUT2D eigenvalue weighted by molar-refractivity contribution is 5.99. The van der Waals surface area contributed by atoms with Crippen LogP contribution in [-0.2, 0) is 14.3 Å². The van der Waals surface area contributed by atoms with Gasteiger partial charge in [0.15, 0.2) is 5.78 Å². The molecule has 2 saturated carbocycles. The Morgan fingerprint density at radius 3 is 2.86 bits per heavy atom. The lowest BCUT2D eigenvalue weighted by Crippen LogP contribution is -2.35. The minimum absolute atomic E-state index is 0.0348. The van der Waals surface area contributed by atoms with Crippen molar-refractivity contribution in [1.29, 1.82) is 0 Å². The number of rotatable bonds is 3. The molecule has 1 aromatic carbocycles. The Hall–Kier alpha value is -2.17. The molecule has 5 heteroatoms. The summed E-state index contributed by atoms with van der Waals surface area (Å²) in [4.78, 5) is 36.0. The zero-order valence-corrected chi connectivity index (χ0v) is 12.2. The first kappa shape index (κ1) is 13.5. The summed E-state index contributed by atoms with van der Waals surface area (Å²) in [7, 11) is 0. The number of benzene rings is 1. The second-order valence-electron chi connectivity index (χ2n) is 6.55. The Labute approximate surface area is 128 Å². The van der Waals surface area contributed by atoms with Gasteiger partial charge in [0.1, 0.15) is 6.10 Å². The molecule has 1 heterocycles. The van der Waals surface area contributed by atoms with E-state index in [0.717, 1.165) is 12.8 Å². The van der Waals surface area contributed by atoms with Crippen LogP contribution in [-0.4, -0.2) is 23.8 Å². The number of fused-ring (bicyclic) bond motifs is 1. The fourth-order valence-corrected chi connectivity index (χ4v) is 4.40. The van der Waals surface area contributed by atoms with Gasteiger partial charge in [-0.1, -0.05) is 12.1 Å². The molecule has 1 saturated heterocycles. The third-order valence-corrected chi connectivity index (χ3v) is 5.32. The van der Waals surface area contributed by atoms with E-state index in [2.05, 4.69) is 5.32 Å². The summed E-state index contributed by atoms with van der Waals surface area (Å²) in [5.74, 6) is -0.502. The van der Waals surface area contributed by atoms with Gasteiger partial charge >= 0.3 is 5.97 Å². The van der Waals surface area contributed by atoms with E-state index in [1.54, 1.807) is 24.3 Å². The molecular formula is C17H17NO4. The predicted octanol–water partition coefficient (Wildman–Crippen LogP) is 2.03. The quantitative estimate of drug-likeness (QED) is 0.684. The number of ketones is 1. The second kappa shape index (κ2) is 4.66. The molecule has 3 aliphatic rings. The summed E-state index contributed by atoms with van der Waals surface area (Å²) in [6, 6.07) is 6.89. The molecule has 0 aromatic heterocycles. The molecule has 0 spiro atoms. The maximum Gasteiger partial charge on any atom is 0.310 e. The van der Waals surface area contributed by atoms with E-state index in [0.29, 0.717) is 11.3 Å². The molecule has 2 aliphatic carbocycles. The zero-order valence-electron chi connectivity index (χ0n) is 12.2. The Morgan fingerprint density at radius 2 is 2.09 bits per heavy atom. The molecule has 1 aliphatic heterocycles. The number of hydrogen-bond donors (Lipinski definition) is 1. The van der Waals surface area contributed by atoms with Crippen molar-refractivity contribution >= 4 is 23.3 Å². The third kappa shape index (κ3) is 1.88. The molecule has 2 bridgehead atoms. The summed E-state index contributed by atoms with van der Waals surface area (Å²) >= 11 is 0. The zero-order chi connectivity index (χ0) is 15.4. The SMILES string of the molecule is CC(=O)c1cccc(NC(=O)[C@@H]2[C@@H]3C[C@@H]4[C@@H]2C(=O)O[C@@H]4C3)c1. The molecule has 1 N–H and O–H groups in total. The number of carbonyl (C=O) groups excluding carboxylic acids is 3. The van der Waals surface area contributed by atoms with E-state index in [-0.39, 0.29) is 47.4 Å². The lowest BCUT2D eigenvalue weighted by atomic mass is 9.79. The molecule has 22 heavy (non-hydrogen) atoms. The fourth-order valence-electron chi connectivity index (χ4n) is 4.40. The van der Waals surface area contributed by atoms with Crippen LogP contribution in [0.25, 0.3) is 0 Å². The fraction of sp³-hybridized carbons (Fsp3) is 0.471. The number of anilines is 1. The van der Waals surface area contributed by atoms with Crippen LogP contribution in [0.4, 0.5) is 5.69 Å². The maximum atomic E-state index is 12.6. The van der Waals surface area contributed by atoms with Crippen molar-refractivity contribution in [1.82, 2.24) is 0 Å². The number of Topliss-reactive ketones (excluding diaryl/α,β-unsaturated/α-hetero) is 1. The van der Waals surface area contributed by atoms with Crippen molar-refractivity contribution in [2.24, 2.45) is 23.7 Å². The lowest BCUT2D eigenvalue weighted by Gasteiger charge is -2.23. The van der Waals surface area contributed by atoms with E-state index in [1.165, 1.54) is 6.92 Å². The number of hydrogen-bond acceptors (Lipinski definition) is 4. The number of amides is 1. The first-order valence-electron chi connectivity index (χ1n) is 7.67. The molecular weight excluding hydrogens is 282 g/mol. The number of carbonyl (C=O) groups is 3. The van der Waals surface area contributed by atoms with Crippen molar-refractivity contribution < 1.29 is 19.1 Å². The minimum Gasteiger partial charge on any atom is -0.462 e. The number of nitrogens with one attached hydrogen (secondary N) is 1. The van der Waals surface area contributed by atoms with Crippen LogP contribution in [0.5, 0.6) is 0 Å². The highest BCUT2D eigenvalue weighted by Crippen LogP contribution is 2.57.